The number of Topliss-reactive ketones (excluding diaryl/α,β-unsaturated/α-hetero) is 1. The van der Waals surface area contributed by atoms with Gasteiger partial charge in [-0.1, -0.05) is 30.3 Å². The fourth-order valence-electron chi connectivity index (χ4n) is 1.84. The van der Waals surface area contributed by atoms with Crippen LogP contribution >= 0.6 is 27.3 Å². The van der Waals surface area contributed by atoms with Crippen LogP contribution in [-0.4, -0.2) is 5.78 Å². The highest BCUT2D eigenvalue weighted by atomic mass is 79.9. The first-order valence-electron chi connectivity index (χ1n) is 5.83. The van der Waals surface area contributed by atoms with Crippen LogP contribution in [0.4, 0.5) is 0 Å². The molecule has 2 rings (SSSR count). The Labute approximate surface area is 120 Å². The maximum Gasteiger partial charge on any atom is 0.148 e. The molecular formula is C15H15BrOS. The monoisotopic (exact) mass is 322 g/mol. The second-order valence-corrected chi connectivity index (χ2v) is 7.34. The SMILES string of the molecule is CC(C)(C(=O)Cc1ccc(Br)s1)c1ccccc1. The third-order valence-corrected chi connectivity index (χ3v) is 4.78. The minimum atomic E-state index is -0.433. The molecule has 0 atom stereocenters. The molecule has 18 heavy (non-hydrogen) atoms. The highest BCUT2D eigenvalue weighted by molar-refractivity contribution is 9.11. The summed E-state index contributed by atoms with van der Waals surface area (Å²) in [4.78, 5) is 13.5. The predicted octanol–water partition coefficient (Wildman–Crippen LogP) is 4.60. The van der Waals surface area contributed by atoms with E-state index >= 15 is 0 Å². The van der Waals surface area contributed by atoms with Crippen molar-refractivity contribution in [3.8, 4) is 0 Å². The number of thiophene rings is 1. The minimum Gasteiger partial charge on any atom is -0.298 e. The van der Waals surface area contributed by atoms with E-state index in [1.807, 2.05) is 56.3 Å². The van der Waals surface area contributed by atoms with Crippen molar-refractivity contribution in [2.24, 2.45) is 0 Å². The molecule has 1 aromatic heterocycles. The molecule has 1 nitrogen and oxygen atoms in total. The summed E-state index contributed by atoms with van der Waals surface area (Å²) < 4.78 is 1.07. The van der Waals surface area contributed by atoms with E-state index in [4.69, 9.17) is 0 Å². The summed E-state index contributed by atoms with van der Waals surface area (Å²) >= 11 is 5.05. The van der Waals surface area contributed by atoms with Crippen LogP contribution in [0.5, 0.6) is 0 Å². The number of benzene rings is 1. The molecule has 0 saturated heterocycles. The van der Waals surface area contributed by atoms with Gasteiger partial charge in [0.1, 0.15) is 5.78 Å². The highest BCUT2D eigenvalue weighted by Crippen LogP contribution is 2.28. The first-order valence-corrected chi connectivity index (χ1v) is 7.44. The summed E-state index contributed by atoms with van der Waals surface area (Å²) in [6, 6.07) is 14.0. The number of hydrogen-bond acceptors (Lipinski definition) is 2. The van der Waals surface area contributed by atoms with Gasteiger partial charge in [0.15, 0.2) is 0 Å². The van der Waals surface area contributed by atoms with Crippen molar-refractivity contribution in [3.63, 3.8) is 0 Å². The molecule has 0 bridgehead atoms. The van der Waals surface area contributed by atoms with Gasteiger partial charge >= 0.3 is 0 Å². The molecule has 0 saturated carbocycles. The van der Waals surface area contributed by atoms with Gasteiger partial charge in [0.25, 0.3) is 0 Å². The predicted molar refractivity (Wildman–Crippen MR) is 80.2 cm³/mol. The second kappa shape index (κ2) is 5.37. The molecule has 0 aliphatic carbocycles. The zero-order valence-electron chi connectivity index (χ0n) is 10.4. The van der Waals surface area contributed by atoms with Crippen molar-refractivity contribution >= 4 is 33.0 Å². The van der Waals surface area contributed by atoms with Crippen LogP contribution in [0.25, 0.3) is 0 Å². The van der Waals surface area contributed by atoms with Crippen LogP contribution < -0.4 is 0 Å². The van der Waals surface area contributed by atoms with Crippen molar-refractivity contribution in [3.05, 3.63) is 56.7 Å². The first-order chi connectivity index (χ1) is 8.50. The summed E-state index contributed by atoms with van der Waals surface area (Å²) in [7, 11) is 0. The lowest BCUT2D eigenvalue weighted by Gasteiger charge is -2.23. The number of hydrogen-bond donors (Lipinski definition) is 0. The zero-order chi connectivity index (χ0) is 13.2. The van der Waals surface area contributed by atoms with Gasteiger partial charge < -0.3 is 0 Å². The van der Waals surface area contributed by atoms with Crippen molar-refractivity contribution in [2.45, 2.75) is 25.7 Å². The molecule has 94 valence electrons. The number of carbonyl (C=O) groups excluding carboxylic acids is 1. The van der Waals surface area contributed by atoms with Crippen LogP contribution in [0, 0.1) is 0 Å². The van der Waals surface area contributed by atoms with Crippen LogP contribution in [0.2, 0.25) is 0 Å². The maximum atomic E-state index is 12.4. The van der Waals surface area contributed by atoms with Crippen molar-refractivity contribution < 1.29 is 4.79 Å². The Hall–Kier alpha value is -0.930. The van der Waals surface area contributed by atoms with E-state index in [1.165, 1.54) is 0 Å². The van der Waals surface area contributed by atoms with E-state index in [-0.39, 0.29) is 5.78 Å². The van der Waals surface area contributed by atoms with Gasteiger partial charge in [-0.25, -0.2) is 0 Å². The Morgan fingerprint density at radius 1 is 1.17 bits per heavy atom. The molecule has 0 spiro atoms. The number of carbonyl (C=O) groups is 1. The average molecular weight is 323 g/mol. The summed E-state index contributed by atoms with van der Waals surface area (Å²) in [6.07, 6.45) is 0.498. The zero-order valence-corrected chi connectivity index (χ0v) is 12.8. The van der Waals surface area contributed by atoms with E-state index in [1.54, 1.807) is 11.3 Å². The van der Waals surface area contributed by atoms with E-state index < -0.39 is 5.41 Å². The smallest absolute Gasteiger partial charge is 0.148 e. The quantitative estimate of drug-likeness (QED) is 0.804. The summed E-state index contributed by atoms with van der Waals surface area (Å²) in [5.74, 6) is 0.253. The van der Waals surface area contributed by atoms with Crippen molar-refractivity contribution in [1.29, 1.82) is 0 Å². The Balaban J connectivity index is 2.18. The lowest BCUT2D eigenvalue weighted by atomic mass is 9.79. The fraction of sp³-hybridized carbons (Fsp3) is 0.267. The average Bonchev–Trinajstić information content (AvgIpc) is 2.76. The van der Waals surface area contributed by atoms with Gasteiger partial charge in [0.05, 0.1) is 3.79 Å². The highest BCUT2D eigenvalue weighted by Gasteiger charge is 2.29. The van der Waals surface area contributed by atoms with E-state index in [0.29, 0.717) is 6.42 Å². The number of rotatable bonds is 4. The molecule has 3 heteroatoms. The fourth-order valence-corrected chi connectivity index (χ4v) is 3.32. The molecule has 0 fully saturated rings. The van der Waals surface area contributed by atoms with Gasteiger partial charge in [0, 0.05) is 16.7 Å². The van der Waals surface area contributed by atoms with E-state index in [9.17, 15) is 4.79 Å². The minimum absolute atomic E-state index is 0.253. The van der Waals surface area contributed by atoms with Crippen molar-refractivity contribution in [2.75, 3.05) is 0 Å². The third kappa shape index (κ3) is 2.90. The lowest BCUT2D eigenvalue weighted by Crippen LogP contribution is -2.30. The molecule has 1 aromatic carbocycles. The first kappa shape index (κ1) is 13.5. The molecule has 0 aliphatic rings. The summed E-state index contributed by atoms with van der Waals surface area (Å²) in [5.41, 5.74) is 0.642. The van der Waals surface area contributed by atoms with Crippen LogP contribution in [-0.2, 0) is 16.6 Å². The summed E-state index contributed by atoms with van der Waals surface area (Å²) in [6.45, 7) is 3.99. The molecule has 0 aliphatic heterocycles. The number of halogens is 1. The Kier molecular flexibility index (Phi) is 4.03. The van der Waals surface area contributed by atoms with Gasteiger partial charge in [-0.15, -0.1) is 11.3 Å². The lowest BCUT2D eigenvalue weighted by molar-refractivity contribution is -0.122. The maximum absolute atomic E-state index is 12.4. The molecule has 0 amide bonds. The van der Waals surface area contributed by atoms with Crippen LogP contribution in [0.1, 0.15) is 24.3 Å². The van der Waals surface area contributed by atoms with E-state index in [2.05, 4.69) is 15.9 Å². The molecule has 0 unspecified atom stereocenters. The summed E-state index contributed by atoms with van der Waals surface area (Å²) in [5, 5.41) is 0. The molecule has 2 aromatic rings. The second-order valence-electron chi connectivity index (χ2n) is 4.80. The molecule has 0 radical (unpaired) electrons. The van der Waals surface area contributed by atoms with Gasteiger partial charge in [-0.3, -0.25) is 4.79 Å². The Morgan fingerprint density at radius 2 is 1.83 bits per heavy atom. The molecule has 1 heterocycles. The topological polar surface area (TPSA) is 17.1 Å². The van der Waals surface area contributed by atoms with Gasteiger partial charge in [-0.2, -0.15) is 0 Å². The van der Waals surface area contributed by atoms with E-state index in [0.717, 1.165) is 14.2 Å². The van der Waals surface area contributed by atoms with Gasteiger partial charge in [-0.05, 0) is 47.5 Å². The molecule has 0 N–H and O–H groups in total. The van der Waals surface area contributed by atoms with Crippen LogP contribution in [0.3, 0.4) is 0 Å². The standard InChI is InChI=1S/C15H15BrOS/c1-15(2,11-6-4-3-5-7-11)13(17)10-12-8-9-14(16)18-12/h3-9H,10H2,1-2H3. The largest absolute Gasteiger partial charge is 0.298 e. The Morgan fingerprint density at radius 3 is 2.39 bits per heavy atom. The van der Waals surface area contributed by atoms with Crippen molar-refractivity contribution in [1.82, 2.24) is 0 Å². The normalized spacial score (nSPS) is 11.5. The van der Waals surface area contributed by atoms with Crippen LogP contribution in [0.15, 0.2) is 46.3 Å². The number of ketones is 1. The molecular weight excluding hydrogens is 308 g/mol. The Bertz CT molecular complexity index is 543. The third-order valence-electron chi connectivity index (χ3n) is 3.16. The van der Waals surface area contributed by atoms with Gasteiger partial charge in [0.2, 0.25) is 0 Å².